The van der Waals surface area contributed by atoms with Crippen LogP contribution in [-0.4, -0.2) is 35.1 Å². The molecule has 8 atom stereocenters. The Balaban J connectivity index is 1.25. The molecule has 2 N–H and O–H groups in total. The number of rotatable bonds is 4. The van der Waals surface area contributed by atoms with E-state index in [4.69, 9.17) is 4.74 Å². The molecule has 170 valence electrons. The van der Waals surface area contributed by atoms with E-state index in [1.165, 1.54) is 44.9 Å². The first-order valence-electron chi connectivity index (χ1n) is 13.0. The fraction of sp³-hybridized carbons (Fsp3) is 0.926. The molecule has 7 unspecified atom stereocenters. The van der Waals surface area contributed by atoms with E-state index >= 15 is 0 Å². The van der Waals surface area contributed by atoms with Crippen molar-refractivity contribution in [3.63, 3.8) is 0 Å². The predicted molar refractivity (Wildman–Crippen MR) is 120 cm³/mol. The fourth-order valence-electron chi connectivity index (χ4n) is 8.94. The number of aliphatic hydroxyl groups excluding tert-OH is 1. The largest absolute Gasteiger partial charge is 0.393 e. The quantitative estimate of drug-likeness (QED) is 0.583. The van der Waals surface area contributed by atoms with Crippen LogP contribution in [-0.2, 0) is 4.74 Å². The van der Waals surface area contributed by atoms with Gasteiger partial charge in [-0.2, -0.15) is 0 Å². The molecule has 0 aromatic rings. The van der Waals surface area contributed by atoms with Gasteiger partial charge in [-0.05, 0) is 112 Å². The minimum Gasteiger partial charge on any atom is -0.393 e. The molecule has 30 heavy (non-hydrogen) atoms. The van der Waals surface area contributed by atoms with Gasteiger partial charge in [0.2, 0.25) is 0 Å². The Kier molecular flexibility index (Phi) is 5.64. The summed E-state index contributed by atoms with van der Waals surface area (Å²) >= 11 is 0. The lowest BCUT2D eigenvalue weighted by Crippen LogP contribution is -2.50. The Hall–Kier alpha value is -0.380. The lowest BCUT2D eigenvalue weighted by molar-refractivity contribution is -0.0923. The maximum atomic E-state index is 10.8. The lowest BCUT2D eigenvalue weighted by atomic mass is 9.47. The lowest BCUT2D eigenvalue weighted by Gasteiger charge is -2.58. The maximum Gasteiger partial charge on any atom is 0.0881 e. The van der Waals surface area contributed by atoms with Crippen LogP contribution in [0.15, 0.2) is 11.6 Å². The van der Waals surface area contributed by atoms with E-state index in [-0.39, 0.29) is 6.10 Å². The molecule has 1 saturated heterocycles. The summed E-state index contributed by atoms with van der Waals surface area (Å²) < 4.78 is 5.56. The normalized spacial score (nSPS) is 50.9. The number of hydrogen-bond acceptors (Lipinski definition) is 3. The molecule has 3 nitrogen and oxygen atoms in total. The van der Waals surface area contributed by atoms with Crippen molar-refractivity contribution in [2.75, 3.05) is 13.2 Å². The summed E-state index contributed by atoms with van der Waals surface area (Å²) in [7, 11) is 0. The Morgan fingerprint density at radius 1 is 1.07 bits per heavy atom. The molecule has 0 bridgehead atoms. The Bertz CT molecular complexity index is 665. The standard InChI is InChI=1S/C27H44O3/c1-25-15-11-24-22(8-6-20-17-21(28)10-14-26(20,24)2)23(25)9-7-19(25)5-3-12-27(29)13-4-16-30-18-27/h6,19,21-24,28-29H,3-5,7-18H2,1-2H3/t19-,21?,22?,23?,24?,25?,26?,27?/m0/s1. The Labute approximate surface area is 183 Å². The highest BCUT2D eigenvalue weighted by Gasteiger charge is 2.58. The number of ether oxygens (including phenoxy) is 1. The molecular formula is C27H44O3. The van der Waals surface area contributed by atoms with Gasteiger partial charge in [-0.3, -0.25) is 0 Å². The van der Waals surface area contributed by atoms with Crippen LogP contribution < -0.4 is 0 Å². The molecule has 0 aromatic carbocycles. The van der Waals surface area contributed by atoms with Crippen LogP contribution in [0.4, 0.5) is 0 Å². The average molecular weight is 417 g/mol. The molecule has 4 aliphatic carbocycles. The van der Waals surface area contributed by atoms with Crippen molar-refractivity contribution >= 4 is 0 Å². The van der Waals surface area contributed by atoms with E-state index in [2.05, 4.69) is 19.9 Å². The molecule has 1 heterocycles. The molecule has 0 radical (unpaired) electrons. The Morgan fingerprint density at radius 3 is 2.73 bits per heavy atom. The van der Waals surface area contributed by atoms with Gasteiger partial charge in [0.25, 0.3) is 0 Å². The van der Waals surface area contributed by atoms with Crippen LogP contribution in [0, 0.1) is 34.5 Å². The van der Waals surface area contributed by atoms with Crippen LogP contribution in [0.2, 0.25) is 0 Å². The van der Waals surface area contributed by atoms with Gasteiger partial charge in [-0.25, -0.2) is 0 Å². The van der Waals surface area contributed by atoms with Crippen LogP contribution in [0.1, 0.15) is 97.3 Å². The van der Waals surface area contributed by atoms with Crippen molar-refractivity contribution in [2.45, 2.75) is 109 Å². The van der Waals surface area contributed by atoms with Gasteiger partial charge in [-0.15, -0.1) is 0 Å². The number of hydrogen-bond donors (Lipinski definition) is 2. The van der Waals surface area contributed by atoms with E-state index in [1.807, 2.05) is 0 Å². The van der Waals surface area contributed by atoms with Crippen molar-refractivity contribution in [2.24, 2.45) is 34.5 Å². The second-order valence-corrected chi connectivity index (χ2v) is 12.2. The van der Waals surface area contributed by atoms with Crippen LogP contribution in [0.3, 0.4) is 0 Å². The summed E-state index contributed by atoms with van der Waals surface area (Å²) in [6.45, 7) is 6.52. The van der Waals surface area contributed by atoms with Crippen molar-refractivity contribution < 1.29 is 14.9 Å². The highest BCUT2D eigenvalue weighted by molar-refractivity contribution is 5.25. The van der Waals surface area contributed by atoms with Gasteiger partial charge < -0.3 is 14.9 Å². The summed E-state index contributed by atoms with van der Waals surface area (Å²) in [6, 6.07) is 0. The average Bonchev–Trinajstić information content (AvgIpc) is 3.05. The SMILES string of the molecule is CC12CCC(O)CC1=CCC1C2CCC2(C)C1CC[C@@H]2CCCC1(O)CCCOC1. The van der Waals surface area contributed by atoms with Crippen LogP contribution >= 0.6 is 0 Å². The number of fused-ring (bicyclic) bond motifs is 5. The van der Waals surface area contributed by atoms with Crippen molar-refractivity contribution in [1.82, 2.24) is 0 Å². The van der Waals surface area contributed by atoms with Crippen molar-refractivity contribution in [3.8, 4) is 0 Å². The third kappa shape index (κ3) is 3.52. The van der Waals surface area contributed by atoms with Crippen LogP contribution in [0.25, 0.3) is 0 Å². The van der Waals surface area contributed by atoms with Gasteiger partial charge >= 0.3 is 0 Å². The monoisotopic (exact) mass is 416 g/mol. The second-order valence-electron chi connectivity index (χ2n) is 12.2. The molecule has 0 aromatic heterocycles. The summed E-state index contributed by atoms with van der Waals surface area (Å²) in [4.78, 5) is 0. The summed E-state index contributed by atoms with van der Waals surface area (Å²) in [6.07, 6.45) is 17.7. The third-order valence-corrected chi connectivity index (χ3v) is 10.8. The van der Waals surface area contributed by atoms with E-state index in [1.54, 1.807) is 5.57 Å². The molecule has 3 saturated carbocycles. The number of aliphatic hydroxyl groups is 2. The molecule has 1 aliphatic heterocycles. The van der Waals surface area contributed by atoms with Gasteiger partial charge in [0.15, 0.2) is 0 Å². The predicted octanol–water partition coefficient (Wildman–Crippen LogP) is 5.64. The van der Waals surface area contributed by atoms with Gasteiger partial charge in [0.05, 0.1) is 18.3 Å². The van der Waals surface area contributed by atoms with Gasteiger partial charge in [0, 0.05) is 6.61 Å². The minimum atomic E-state index is -0.556. The third-order valence-electron chi connectivity index (χ3n) is 10.8. The molecule has 5 rings (SSSR count). The van der Waals surface area contributed by atoms with Crippen molar-refractivity contribution in [3.05, 3.63) is 11.6 Å². The summed E-state index contributed by atoms with van der Waals surface area (Å²) in [5.41, 5.74) is 1.89. The minimum absolute atomic E-state index is 0.102. The van der Waals surface area contributed by atoms with E-state index in [9.17, 15) is 10.2 Å². The topological polar surface area (TPSA) is 49.7 Å². The molecule has 4 fully saturated rings. The molecule has 0 amide bonds. The zero-order valence-corrected chi connectivity index (χ0v) is 19.4. The first-order valence-corrected chi connectivity index (χ1v) is 13.0. The van der Waals surface area contributed by atoms with E-state index < -0.39 is 5.60 Å². The smallest absolute Gasteiger partial charge is 0.0881 e. The summed E-state index contributed by atoms with van der Waals surface area (Å²) in [5, 5.41) is 21.0. The van der Waals surface area contributed by atoms with Gasteiger partial charge in [-0.1, -0.05) is 31.9 Å². The molecule has 5 aliphatic rings. The molecule has 3 heteroatoms. The van der Waals surface area contributed by atoms with Crippen LogP contribution in [0.5, 0.6) is 0 Å². The second kappa shape index (κ2) is 7.89. The zero-order chi connectivity index (χ0) is 21.0. The first kappa shape index (κ1) is 21.5. The molecule has 0 spiro atoms. The highest BCUT2D eigenvalue weighted by Crippen LogP contribution is 2.66. The maximum absolute atomic E-state index is 10.8. The Morgan fingerprint density at radius 2 is 1.93 bits per heavy atom. The molecular weight excluding hydrogens is 372 g/mol. The van der Waals surface area contributed by atoms with E-state index in [0.717, 1.165) is 68.8 Å². The summed E-state index contributed by atoms with van der Waals surface area (Å²) in [5.74, 6) is 3.40. The first-order chi connectivity index (χ1) is 14.3. The van der Waals surface area contributed by atoms with E-state index in [0.29, 0.717) is 17.4 Å². The van der Waals surface area contributed by atoms with Crippen molar-refractivity contribution in [1.29, 1.82) is 0 Å². The highest BCUT2D eigenvalue weighted by atomic mass is 16.5. The fourth-order valence-corrected chi connectivity index (χ4v) is 8.94. The zero-order valence-electron chi connectivity index (χ0n) is 19.4. The number of allylic oxidation sites excluding steroid dienone is 1. The van der Waals surface area contributed by atoms with Gasteiger partial charge in [0.1, 0.15) is 0 Å².